The second-order valence-corrected chi connectivity index (χ2v) is 8.56. The lowest BCUT2D eigenvalue weighted by Crippen LogP contribution is -2.49. The van der Waals surface area contributed by atoms with Gasteiger partial charge in [-0.3, -0.25) is 9.59 Å². The first kappa shape index (κ1) is 26.7. The molecular formula is C26H27F3N6O3. The fourth-order valence-electron chi connectivity index (χ4n) is 3.95. The third kappa shape index (κ3) is 7.34. The van der Waals surface area contributed by atoms with E-state index in [1.54, 1.807) is 4.90 Å². The molecule has 1 aliphatic heterocycles. The smallest absolute Gasteiger partial charge is 0.406 e. The molecule has 38 heavy (non-hydrogen) atoms. The Morgan fingerprint density at radius 2 is 1.63 bits per heavy atom. The molecule has 1 saturated heterocycles. The molecule has 2 aromatic carbocycles. The Hall–Kier alpha value is -4.35. The van der Waals surface area contributed by atoms with E-state index in [-0.39, 0.29) is 23.1 Å². The lowest BCUT2D eigenvalue weighted by Gasteiger charge is -2.35. The summed E-state index contributed by atoms with van der Waals surface area (Å²) in [6, 6.07) is 16.3. The van der Waals surface area contributed by atoms with E-state index in [4.69, 9.17) is 4.98 Å². The van der Waals surface area contributed by atoms with E-state index in [9.17, 15) is 22.8 Å². The van der Waals surface area contributed by atoms with Gasteiger partial charge in [-0.2, -0.15) is 0 Å². The number of piperazine rings is 1. The molecule has 2 N–H and O–H groups in total. The van der Waals surface area contributed by atoms with Gasteiger partial charge in [-0.25, -0.2) is 9.97 Å². The Morgan fingerprint density at radius 1 is 0.947 bits per heavy atom. The average Bonchev–Trinajstić information content (AvgIpc) is 2.90. The van der Waals surface area contributed by atoms with E-state index >= 15 is 0 Å². The summed E-state index contributed by atoms with van der Waals surface area (Å²) in [4.78, 5) is 37.1. The Kier molecular flexibility index (Phi) is 8.29. The van der Waals surface area contributed by atoms with Gasteiger partial charge in [0.25, 0.3) is 5.91 Å². The summed E-state index contributed by atoms with van der Waals surface area (Å²) in [6.07, 6.45) is -4.79. The topological polar surface area (TPSA) is 99.7 Å². The molecular weight excluding hydrogens is 501 g/mol. The maximum Gasteiger partial charge on any atom is 0.573 e. The molecule has 2 amide bonds. The number of hydrogen-bond donors (Lipinski definition) is 2. The van der Waals surface area contributed by atoms with E-state index in [1.807, 2.05) is 36.4 Å². The maximum absolute atomic E-state index is 12.9. The molecule has 1 aliphatic rings. The van der Waals surface area contributed by atoms with Crippen LogP contribution in [0.4, 0.5) is 24.8 Å². The van der Waals surface area contributed by atoms with Crippen LogP contribution in [-0.2, 0) is 4.79 Å². The van der Waals surface area contributed by atoms with Crippen molar-refractivity contribution in [3.63, 3.8) is 0 Å². The van der Waals surface area contributed by atoms with Crippen molar-refractivity contribution in [2.45, 2.75) is 13.3 Å². The monoisotopic (exact) mass is 528 g/mol. The average molecular weight is 529 g/mol. The number of nitrogens with zero attached hydrogens (tertiary/aromatic N) is 4. The SMILES string of the molecule is CC(=O)NCCNc1cc(N2CCN(C(=O)c3ccc(OC(F)(F)F)cc3)CC2)nc(-c2ccccc2)n1. The summed E-state index contributed by atoms with van der Waals surface area (Å²) in [6.45, 7) is 4.23. The van der Waals surface area contributed by atoms with Crippen LogP contribution in [0.2, 0.25) is 0 Å². The molecule has 3 aromatic rings. The standard InChI is InChI=1S/C26H27F3N6O3/c1-18(36)30-11-12-31-22-17-23(33-24(32-22)19-5-3-2-4-6-19)34-13-15-35(16-14-34)25(37)20-7-9-21(10-8-20)38-26(27,28)29/h2-10,17H,11-16H2,1H3,(H,30,36)(H,31,32,33). The number of amides is 2. The van der Waals surface area contributed by atoms with Crippen LogP contribution in [-0.4, -0.2) is 72.3 Å². The number of rotatable bonds is 8. The van der Waals surface area contributed by atoms with E-state index in [0.717, 1.165) is 17.7 Å². The molecule has 0 saturated carbocycles. The highest BCUT2D eigenvalue weighted by molar-refractivity contribution is 5.94. The number of nitrogens with one attached hydrogen (secondary N) is 2. The largest absolute Gasteiger partial charge is 0.573 e. The highest BCUT2D eigenvalue weighted by Crippen LogP contribution is 2.25. The van der Waals surface area contributed by atoms with Gasteiger partial charge in [0.2, 0.25) is 5.91 Å². The predicted octanol–water partition coefficient (Wildman–Crippen LogP) is 3.55. The van der Waals surface area contributed by atoms with Gasteiger partial charge in [-0.1, -0.05) is 30.3 Å². The van der Waals surface area contributed by atoms with Crippen LogP contribution in [0.25, 0.3) is 11.4 Å². The highest BCUT2D eigenvalue weighted by Gasteiger charge is 2.31. The number of hydrogen-bond acceptors (Lipinski definition) is 7. The van der Waals surface area contributed by atoms with Crippen LogP contribution in [0.15, 0.2) is 60.7 Å². The third-order valence-electron chi connectivity index (χ3n) is 5.78. The lowest BCUT2D eigenvalue weighted by atomic mass is 10.1. The minimum Gasteiger partial charge on any atom is -0.406 e. The molecule has 0 unspecified atom stereocenters. The van der Waals surface area contributed by atoms with Crippen LogP contribution in [0, 0.1) is 0 Å². The molecule has 0 bridgehead atoms. The van der Waals surface area contributed by atoms with E-state index in [1.165, 1.54) is 19.1 Å². The number of halogens is 3. The van der Waals surface area contributed by atoms with E-state index in [0.29, 0.717) is 56.7 Å². The summed E-state index contributed by atoms with van der Waals surface area (Å²) >= 11 is 0. The van der Waals surface area contributed by atoms with Crippen molar-refractivity contribution in [1.29, 1.82) is 0 Å². The van der Waals surface area contributed by atoms with Crippen molar-refractivity contribution in [2.24, 2.45) is 0 Å². The summed E-state index contributed by atoms with van der Waals surface area (Å²) in [5, 5.41) is 5.95. The van der Waals surface area contributed by atoms with Crippen LogP contribution in [0.1, 0.15) is 17.3 Å². The minimum absolute atomic E-state index is 0.113. The van der Waals surface area contributed by atoms with Crippen LogP contribution < -0.4 is 20.3 Å². The van der Waals surface area contributed by atoms with Gasteiger partial charge in [-0.15, -0.1) is 13.2 Å². The summed E-state index contributed by atoms with van der Waals surface area (Å²) in [5.74, 6) is 1.10. The van der Waals surface area contributed by atoms with Crippen molar-refractivity contribution < 1.29 is 27.5 Å². The summed E-state index contributed by atoms with van der Waals surface area (Å²) in [7, 11) is 0. The molecule has 0 spiro atoms. The van der Waals surface area contributed by atoms with Gasteiger partial charge in [0, 0.05) is 63.4 Å². The highest BCUT2D eigenvalue weighted by atomic mass is 19.4. The van der Waals surface area contributed by atoms with Gasteiger partial charge in [0.1, 0.15) is 17.4 Å². The van der Waals surface area contributed by atoms with Gasteiger partial charge >= 0.3 is 6.36 Å². The zero-order valence-corrected chi connectivity index (χ0v) is 20.7. The summed E-state index contributed by atoms with van der Waals surface area (Å²) < 4.78 is 41.0. The second-order valence-electron chi connectivity index (χ2n) is 8.56. The number of carbonyl (C=O) groups excluding carboxylic acids is 2. The van der Waals surface area contributed by atoms with Crippen molar-refractivity contribution in [3.05, 3.63) is 66.2 Å². The number of anilines is 2. The zero-order valence-electron chi connectivity index (χ0n) is 20.7. The molecule has 0 atom stereocenters. The Morgan fingerprint density at radius 3 is 2.26 bits per heavy atom. The van der Waals surface area contributed by atoms with Crippen LogP contribution >= 0.6 is 0 Å². The first-order valence-electron chi connectivity index (χ1n) is 12.0. The number of ether oxygens (including phenoxy) is 1. The normalized spacial score (nSPS) is 13.7. The van der Waals surface area contributed by atoms with Crippen molar-refractivity contribution in [2.75, 3.05) is 49.5 Å². The maximum atomic E-state index is 12.9. The first-order valence-corrected chi connectivity index (χ1v) is 12.0. The number of benzene rings is 2. The first-order chi connectivity index (χ1) is 18.2. The van der Waals surface area contributed by atoms with Gasteiger partial charge < -0.3 is 25.2 Å². The predicted molar refractivity (Wildman–Crippen MR) is 136 cm³/mol. The van der Waals surface area contributed by atoms with Gasteiger partial charge in [0.05, 0.1) is 0 Å². The third-order valence-corrected chi connectivity index (χ3v) is 5.78. The quantitative estimate of drug-likeness (QED) is 0.432. The number of aromatic nitrogens is 2. The molecule has 1 aromatic heterocycles. The molecule has 2 heterocycles. The lowest BCUT2D eigenvalue weighted by molar-refractivity contribution is -0.274. The van der Waals surface area contributed by atoms with Crippen molar-refractivity contribution in [1.82, 2.24) is 20.2 Å². The molecule has 0 aliphatic carbocycles. The molecule has 4 rings (SSSR count). The summed E-state index contributed by atoms with van der Waals surface area (Å²) in [5.41, 5.74) is 1.14. The van der Waals surface area contributed by atoms with Gasteiger partial charge in [-0.05, 0) is 24.3 Å². The second kappa shape index (κ2) is 11.8. The van der Waals surface area contributed by atoms with E-state index < -0.39 is 6.36 Å². The Bertz CT molecular complexity index is 1250. The molecule has 12 heteroatoms. The zero-order chi connectivity index (χ0) is 27.1. The van der Waals surface area contributed by atoms with Gasteiger partial charge in [0.15, 0.2) is 5.82 Å². The van der Waals surface area contributed by atoms with Crippen LogP contribution in [0.5, 0.6) is 5.75 Å². The number of carbonyl (C=O) groups is 2. The minimum atomic E-state index is -4.79. The fourth-order valence-corrected chi connectivity index (χ4v) is 3.95. The van der Waals surface area contributed by atoms with Crippen molar-refractivity contribution in [3.8, 4) is 17.1 Å². The Labute approximate surface area is 217 Å². The number of alkyl halides is 3. The fraction of sp³-hybridized carbons (Fsp3) is 0.308. The molecule has 0 radical (unpaired) electrons. The molecule has 1 fully saturated rings. The Balaban J connectivity index is 1.43. The molecule has 200 valence electrons. The van der Waals surface area contributed by atoms with Crippen LogP contribution in [0.3, 0.4) is 0 Å². The van der Waals surface area contributed by atoms with E-state index in [2.05, 4.69) is 25.3 Å². The molecule has 9 nitrogen and oxygen atoms in total. The van der Waals surface area contributed by atoms with Crippen molar-refractivity contribution >= 4 is 23.5 Å².